The first-order valence-corrected chi connectivity index (χ1v) is 7.45. The molecule has 0 N–H and O–H groups in total. The Kier molecular flexibility index (Phi) is 5.93. The van der Waals surface area contributed by atoms with Gasteiger partial charge in [0.05, 0.1) is 18.1 Å². The zero-order chi connectivity index (χ0) is 13.9. The van der Waals surface area contributed by atoms with Crippen molar-refractivity contribution in [1.82, 2.24) is 4.90 Å². The molecular formula is C14H26ClNO2. The summed E-state index contributed by atoms with van der Waals surface area (Å²) in [6.45, 7) is 11.0. The number of carbonyl (C=O) groups excluding carboxylic acids is 1. The van der Waals surface area contributed by atoms with Gasteiger partial charge < -0.3 is 9.64 Å². The molecule has 1 aliphatic heterocycles. The highest BCUT2D eigenvalue weighted by Gasteiger charge is 2.43. The van der Waals surface area contributed by atoms with Gasteiger partial charge in [0.2, 0.25) is 5.91 Å². The SMILES string of the molecule is CC1OC(C)C(C(=O)N(CCCCl)C(C)C)C1C. The van der Waals surface area contributed by atoms with Crippen molar-refractivity contribution in [3.8, 4) is 0 Å². The van der Waals surface area contributed by atoms with Gasteiger partial charge in [0.25, 0.3) is 0 Å². The van der Waals surface area contributed by atoms with Crippen molar-refractivity contribution in [2.45, 2.75) is 59.3 Å². The van der Waals surface area contributed by atoms with Crippen molar-refractivity contribution in [3.63, 3.8) is 0 Å². The third-order valence-electron chi connectivity index (χ3n) is 3.97. The Bertz CT molecular complexity index is 283. The summed E-state index contributed by atoms with van der Waals surface area (Å²) in [6, 6.07) is 0.219. The Morgan fingerprint density at radius 3 is 2.28 bits per heavy atom. The van der Waals surface area contributed by atoms with Gasteiger partial charge in [-0.15, -0.1) is 11.6 Å². The van der Waals surface area contributed by atoms with Gasteiger partial charge in [0.15, 0.2) is 0 Å². The number of rotatable bonds is 5. The van der Waals surface area contributed by atoms with Gasteiger partial charge in [-0.25, -0.2) is 0 Å². The van der Waals surface area contributed by atoms with Crippen LogP contribution in [0.4, 0.5) is 0 Å². The van der Waals surface area contributed by atoms with Crippen LogP contribution in [0.3, 0.4) is 0 Å². The van der Waals surface area contributed by atoms with Gasteiger partial charge in [0, 0.05) is 18.5 Å². The van der Waals surface area contributed by atoms with Gasteiger partial charge in [-0.05, 0) is 40.0 Å². The molecule has 0 bridgehead atoms. The fourth-order valence-electron chi connectivity index (χ4n) is 2.74. The Morgan fingerprint density at radius 2 is 1.89 bits per heavy atom. The topological polar surface area (TPSA) is 29.5 Å². The highest BCUT2D eigenvalue weighted by Crippen LogP contribution is 2.33. The highest BCUT2D eigenvalue weighted by atomic mass is 35.5. The van der Waals surface area contributed by atoms with Crippen molar-refractivity contribution >= 4 is 17.5 Å². The van der Waals surface area contributed by atoms with Gasteiger partial charge in [-0.2, -0.15) is 0 Å². The van der Waals surface area contributed by atoms with E-state index in [1.165, 1.54) is 0 Å². The fourth-order valence-corrected chi connectivity index (χ4v) is 2.86. The summed E-state index contributed by atoms with van der Waals surface area (Å²) >= 11 is 5.73. The largest absolute Gasteiger partial charge is 0.374 e. The maximum absolute atomic E-state index is 12.7. The zero-order valence-electron chi connectivity index (χ0n) is 12.1. The second-order valence-electron chi connectivity index (χ2n) is 5.60. The first-order chi connectivity index (χ1) is 8.40. The molecule has 4 unspecified atom stereocenters. The Balaban J connectivity index is 2.76. The standard InChI is InChI=1S/C14H26ClNO2/c1-9(2)16(8-6-7-15)14(17)13-10(3)11(4)18-12(13)5/h9-13H,6-8H2,1-5H3. The van der Waals surface area contributed by atoms with Crippen molar-refractivity contribution in [2.24, 2.45) is 11.8 Å². The minimum atomic E-state index is -0.0160. The second-order valence-corrected chi connectivity index (χ2v) is 5.98. The van der Waals surface area contributed by atoms with E-state index in [1.807, 2.05) is 18.7 Å². The molecule has 106 valence electrons. The normalized spacial score (nSPS) is 31.9. The lowest BCUT2D eigenvalue weighted by molar-refractivity contribution is -0.139. The number of hydrogen-bond acceptors (Lipinski definition) is 2. The van der Waals surface area contributed by atoms with Crippen molar-refractivity contribution in [3.05, 3.63) is 0 Å². The van der Waals surface area contributed by atoms with Crippen molar-refractivity contribution in [1.29, 1.82) is 0 Å². The van der Waals surface area contributed by atoms with E-state index in [2.05, 4.69) is 20.8 Å². The van der Waals surface area contributed by atoms with Crippen LogP contribution in [0, 0.1) is 11.8 Å². The van der Waals surface area contributed by atoms with Crippen LogP contribution in [0.25, 0.3) is 0 Å². The van der Waals surface area contributed by atoms with E-state index >= 15 is 0 Å². The Morgan fingerprint density at radius 1 is 1.28 bits per heavy atom. The van der Waals surface area contributed by atoms with Crippen LogP contribution in [0.2, 0.25) is 0 Å². The molecule has 0 aromatic carbocycles. The highest BCUT2D eigenvalue weighted by molar-refractivity contribution is 6.17. The maximum Gasteiger partial charge on any atom is 0.228 e. The predicted octanol–water partition coefficient (Wildman–Crippen LogP) is 2.91. The number of ether oxygens (including phenoxy) is 1. The van der Waals surface area contributed by atoms with Crippen LogP contribution in [0.15, 0.2) is 0 Å². The second kappa shape index (κ2) is 6.76. The van der Waals surface area contributed by atoms with Crippen LogP contribution in [0.1, 0.15) is 41.0 Å². The van der Waals surface area contributed by atoms with Gasteiger partial charge in [0.1, 0.15) is 0 Å². The number of halogens is 1. The van der Waals surface area contributed by atoms with E-state index in [0.29, 0.717) is 5.88 Å². The van der Waals surface area contributed by atoms with Crippen LogP contribution < -0.4 is 0 Å². The average Bonchev–Trinajstić information content (AvgIpc) is 2.53. The maximum atomic E-state index is 12.7. The molecule has 1 heterocycles. The number of hydrogen-bond donors (Lipinski definition) is 0. The molecule has 1 aliphatic rings. The first kappa shape index (κ1) is 15.8. The average molecular weight is 276 g/mol. The van der Waals surface area contributed by atoms with Crippen LogP contribution >= 0.6 is 11.6 Å². The first-order valence-electron chi connectivity index (χ1n) is 6.92. The minimum Gasteiger partial charge on any atom is -0.374 e. The van der Waals surface area contributed by atoms with Crippen LogP contribution in [-0.2, 0) is 9.53 Å². The quantitative estimate of drug-likeness (QED) is 0.722. The predicted molar refractivity (Wildman–Crippen MR) is 74.8 cm³/mol. The lowest BCUT2D eigenvalue weighted by Crippen LogP contribution is -2.45. The molecule has 4 atom stereocenters. The van der Waals surface area contributed by atoms with Crippen LogP contribution in [0.5, 0.6) is 0 Å². The third kappa shape index (κ3) is 3.39. The molecule has 1 amide bonds. The molecule has 3 nitrogen and oxygen atoms in total. The number of carbonyl (C=O) groups is 1. The van der Waals surface area contributed by atoms with E-state index in [1.54, 1.807) is 0 Å². The summed E-state index contributed by atoms with van der Waals surface area (Å²) < 4.78 is 5.77. The number of alkyl halides is 1. The van der Waals surface area contributed by atoms with E-state index in [9.17, 15) is 4.79 Å². The van der Waals surface area contributed by atoms with Gasteiger partial charge in [-0.3, -0.25) is 4.79 Å². The Hall–Kier alpha value is -0.280. The van der Waals surface area contributed by atoms with E-state index in [-0.39, 0.29) is 36.0 Å². The molecule has 4 heteroatoms. The summed E-state index contributed by atoms with van der Waals surface area (Å²) in [5, 5.41) is 0. The summed E-state index contributed by atoms with van der Waals surface area (Å²) in [6.07, 6.45) is 1.02. The van der Waals surface area contributed by atoms with Crippen LogP contribution in [-0.4, -0.2) is 41.5 Å². The molecule has 0 radical (unpaired) electrons. The molecule has 1 fully saturated rings. The molecule has 0 aliphatic carbocycles. The number of amides is 1. The van der Waals surface area contributed by atoms with Gasteiger partial charge >= 0.3 is 0 Å². The minimum absolute atomic E-state index is 0.0137. The summed E-state index contributed by atoms with van der Waals surface area (Å²) in [5.74, 6) is 1.08. The van der Waals surface area contributed by atoms with Gasteiger partial charge in [-0.1, -0.05) is 6.92 Å². The molecule has 0 spiro atoms. The fraction of sp³-hybridized carbons (Fsp3) is 0.929. The lowest BCUT2D eigenvalue weighted by Gasteiger charge is -2.31. The molecule has 1 rings (SSSR count). The molecule has 0 saturated carbocycles. The number of nitrogens with zero attached hydrogens (tertiary/aromatic N) is 1. The van der Waals surface area contributed by atoms with E-state index in [4.69, 9.17) is 16.3 Å². The molecule has 0 aromatic heterocycles. The summed E-state index contributed by atoms with van der Waals surface area (Å²) in [4.78, 5) is 14.6. The molecule has 18 heavy (non-hydrogen) atoms. The van der Waals surface area contributed by atoms with Crippen molar-refractivity contribution in [2.75, 3.05) is 12.4 Å². The monoisotopic (exact) mass is 275 g/mol. The van der Waals surface area contributed by atoms with Crippen molar-refractivity contribution < 1.29 is 9.53 Å². The third-order valence-corrected chi connectivity index (χ3v) is 4.23. The summed E-state index contributed by atoms with van der Waals surface area (Å²) in [7, 11) is 0. The lowest BCUT2D eigenvalue weighted by atomic mass is 9.88. The molecular weight excluding hydrogens is 250 g/mol. The Labute approximate surface area is 116 Å². The zero-order valence-corrected chi connectivity index (χ0v) is 12.9. The molecule has 1 saturated heterocycles. The smallest absolute Gasteiger partial charge is 0.228 e. The summed E-state index contributed by atoms with van der Waals surface area (Å²) in [5.41, 5.74) is 0. The molecule has 0 aromatic rings. The van der Waals surface area contributed by atoms with E-state index in [0.717, 1.165) is 13.0 Å². The van der Waals surface area contributed by atoms with E-state index < -0.39 is 0 Å².